The maximum Gasteiger partial charge on any atom is 0.406 e. The highest BCUT2D eigenvalue weighted by atomic mass is 19.4. The number of nitrogens with two attached hydrogens (primary N) is 1. The Labute approximate surface area is 120 Å². The van der Waals surface area contributed by atoms with Gasteiger partial charge in [-0.05, 0) is 19.8 Å². The number of hydrogen-bond donors (Lipinski definition) is 1. The Bertz CT molecular complexity index is 500. The Kier molecular flexibility index (Phi) is 4.55. The molecule has 21 heavy (non-hydrogen) atoms. The number of hydrogen-bond acceptors (Lipinski definition) is 3. The van der Waals surface area contributed by atoms with Crippen LogP contribution in [-0.4, -0.2) is 39.1 Å². The van der Waals surface area contributed by atoms with Crippen LogP contribution < -0.4 is 5.73 Å². The van der Waals surface area contributed by atoms with Crippen LogP contribution in [0.3, 0.4) is 0 Å². The third-order valence-corrected chi connectivity index (χ3v) is 3.91. The highest BCUT2D eigenvalue weighted by molar-refractivity contribution is 5.76. The molecule has 2 N–H and O–H groups in total. The zero-order valence-corrected chi connectivity index (χ0v) is 11.8. The number of aromatic nitrogens is 2. The first-order valence-corrected chi connectivity index (χ1v) is 6.86. The van der Waals surface area contributed by atoms with Gasteiger partial charge in [-0.3, -0.25) is 9.69 Å². The lowest BCUT2D eigenvalue weighted by Gasteiger charge is -2.36. The molecule has 2 atom stereocenters. The molecule has 1 aromatic rings. The van der Waals surface area contributed by atoms with E-state index in [1.54, 1.807) is 0 Å². The second-order valence-corrected chi connectivity index (χ2v) is 5.54. The Morgan fingerprint density at radius 1 is 1.48 bits per heavy atom. The summed E-state index contributed by atoms with van der Waals surface area (Å²) in [6.45, 7) is 1.70. The molecule has 1 aliphatic heterocycles. The fourth-order valence-electron chi connectivity index (χ4n) is 2.64. The summed E-state index contributed by atoms with van der Waals surface area (Å²) in [5.41, 5.74) is 5.33. The molecule has 1 amide bonds. The molecule has 0 saturated carbocycles. The van der Waals surface area contributed by atoms with Gasteiger partial charge in [0.1, 0.15) is 12.4 Å². The van der Waals surface area contributed by atoms with E-state index in [9.17, 15) is 18.0 Å². The molecule has 1 saturated heterocycles. The predicted molar refractivity (Wildman–Crippen MR) is 70.1 cm³/mol. The lowest BCUT2D eigenvalue weighted by atomic mass is 9.93. The minimum absolute atomic E-state index is 0.191. The third-order valence-electron chi connectivity index (χ3n) is 3.91. The molecule has 0 bridgehead atoms. The van der Waals surface area contributed by atoms with Crippen LogP contribution >= 0.6 is 0 Å². The van der Waals surface area contributed by atoms with Crippen molar-refractivity contribution < 1.29 is 18.0 Å². The molecule has 1 aliphatic rings. The van der Waals surface area contributed by atoms with Crippen molar-refractivity contribution in [2.24, 2.45) is 11.7 Å². The highest BCUT2D eigenvalue weighted by Gasteiger charge is 2.31. The molecule has 2 heterocycles. The number of nitrogens with zero attached hydrogens (tertiary/aromatic N) is 3. The summed E-state index contributed by atoms with van der Waals surface area (Å²) in [5, 5.41) is 0. The molecule has 2 rings (SSSR count). The quantitative estimate of drug-likeness (QED) is 0.917. The number of halogens is 3. The van der Waals surface area contributed by atoms with Crippen molar-refractivity contribution in [3.8, 4) is 0 Å². The largest absolute Gasteiger partial charge is 0.406 e. The van der Waals surface area contributed by atoms with Crippen molar-refractivity contribution in [1.29, 1.82) is 0 Å². The number of alkyl halides is 3. The SMILES string of the molecule is C[C@@H]1CC[C@H](C(N)=O)CN1Cc1nccn1CC(F)(F)F. The van der Waals surface area contributed by atoms with Crippen molar-refractivity contribution in [2.45, 2.75) is 45.1 Å². The lowest BCUT2D eigenvalue weighted by molar-refractivity contribution is -0.141. The van der Waals surface area contributed by atoms with Crippen molar-refractivity contribution in [2.75, 3.05) is 6.54 Å². The van der Waals surface area contributed by atoms with Crippen LogP contribution in [0.15, 0.2) is 12.4 Å². The second-order valence-electron chi connectivity index (χ2n) is 5.54. The van der Waals surface area contributed by atoms with Crippen LogP contribution in [0.1, 0.15) is 25.6 Å². The smallest absolute Gasteiger partial charge is 0.369 e. The zero-order valence-electron chi connectivity index (χ0n) is 11.8. The number of carbonyl (C=O) groups excluding carboxylic acids is 1. The monoisotopic (exact) mass is 304 g/mol. The van der Waals surface area contributed by atoms with Gasteiger partial charge in [0, 0.05) is 25.0 Å². The van der Waals surface area contributed by atoms with Gasteiger partial charge < -0.3 is 10.3 Å². The summed E-state index contributed by atoms with van der Waals surface area (Å²) in [7, 11) is 0. The van der Waals surface area contributed by atoms with Gasteiger partial charge in [-0.15, -0.1) is 0 Å². The van der Waals surface area contributed by atoms with Gasteiger partial charge in [0.15, 0.2) is 0 Å². The molecule has 5 nitrogen and oxygen atoms in total. The molecule has 8 heteroatoms. The minimum atomic E-state index is -4.28. The summed E-state index contributed by atoms with van der Waals surface area (Å²) in [6.07, 6.45) is -0.0689. The fourth-order valence-corrected chi connectivity index (χ4v) is 2.64. The summed E-state index contributed by atoms with van der Waals surface area (Å²) in [4.78, 5) is 17.3. The topological polar surface area (TPSA) is 64.2 Å². The highest BCUT2D eigenvalue weighted by Crippen LogP contribution is 2.24. The molecule has 1 fully saturated rings. The molecule has 0 unspecified atom stereocenters. The molecule has 0 aliphatic carbocycles. The van der Waals surface area contributed by atoms with Gasteiger partial charge in [-0.25, -0.2) is 4.98 Å². The molecule has 118 valence electrons. The lowest BCUT2D eigenvalue weighted by Crippen LogP contribution is -2.45. The van der Waals surface area contributed by atoms with Crippen LogP contribution in [0.2, 0.25) is 0 Å². The average molecular weight is 304 g/mol. The summed E-state index contributed by atoms with van der Waals surface area (Å²) >= 11 is 0. The van der Waals surface area contributed by atoms with Crippen molar-refractivity contribution >= 4 is 5.91 Å². The van der Waals surface area contributed by atoms with Gasteiger partial charge in [-0.1, -0.05) is 0 Å². The number of rotatable bonds is 4. The summed E-state index contributed by atoms with van der Waals surface area (Å²) < 4.78 is 38.6. The normalized spacial score (nSPS) is 24.2. The first kappa shape index (κ1) is 15.8. The number of imidazole rings is 1. The number of likely N-dealkylation sites (tertiary alicyclic amines) is 1. The van der Waals surface area contributed by atoms with Crippen molar-refractivity contribution in [3.05, 3.63) is 18.2 Å². The zero-order chi connectivity index (χ0) is 15.6. The van der Waals surface area contributed by atoms with Gasteiger partial charge in [-0.2, -0.15) is 13.2 Å². The standard InChI is InChI=1S/C13H19F3N4O/c1-9-2-3-10(12(17)21)6-20(9)7-11-18-4-5-19(11)8-13(14,15)16/h4-5,9-10H,2-3,6-8H2,1H3,(H2,17,21)/t9-,10+/m1/s1. The first-order valence-electron chi connectivity index (χ1n) is 6.86. The van der Waals surface area contributed by atoms with Crippen LogP contribution in [0.4, 0.5) is 13.2 Å². The van der Waals surface area contributed by atoms with Crippen molar-refractivity contribution in [1.82, 2.24) is 14.5 Å². The van der Waals surface area contributed by atoms with Crippen LogP contribution in [-0.2, 0) is 17.9 Å². The fraction of sp³-hybridized carbons (Fsp3) is 0.692. The predicted octanol–water partition coefficient (Wildman–Crippen LogP) is 1.53. The molecular weight excluding hydrogens is 285 g/mol. The van der Waals surface area contributed by atoms with Gasteiger partial charge in [0.05, 0.1) is 12.5 Å². The number of piperidine rings is 1. The molecule has 0 spiro atoms. The number of carbonyl (C=O) groups is 1. The maximum absolute atomic E-state index is 12.5. The van der Waals surface area contributed by atoms with Crippen LogP contribution in [0.5, 0.6) is 0 Å². The van der Waals surface area contributed by atoms with Gasteiger partial charge in [0.25, 0.3) is 0 Å². The minimum Gasteiger partial charge on any atom is -0.369 e. The Morgan fingerprint density at radius 2 is 2.19 bits per heavy atom. The average Bonchev–Trinajstić information content (AvgIpc) is 2.76. The van der Waals surface area contributed by atoms with E-state index >= 15 is 0 Å². The van der Waals surface area contributed by atoms with Gasteiger partial charge >= 0.3 is 6.18 Å². The Hall–Kier alpha value is -1.57. The van der Waals surface area contributed by atoms with E-state index in [-0.39, 0.29) is 24.4 Å². The third kappa shape index (κ3) is 4.20. The van der Waals surface area contributed by atoms with E-state index in [2.05, 4.69) is 4.98 Å². The molecule has 1 aromatic heterocycles. The number of primary amides is 1. The maximum atomic E-state index is 12.5. The van der Waals surface area contributed by atoms with Crippen molar-refractivity contribution in [3.63, 3.8) is 0 Å². The van der Waals surface area contributed by atoms with E-state index in [4.69, 9.17) is 5.73 Å². The number of amides is 1. The Balaban J connectivity index is 2.06. The molecular formula is C13H19F3N4O. The first-order chi connectivity index (χ1) is 9.76. The van der Waals surface area contributed by atoms with E-state index in [1.807, 2.05) is 11.8 Å². The van der Waals surface area contributed by atoms with Gasteiger partial charge in [0.2, 0.25) is 5.91 Å². The van der Waals surface area contributed by atoms with E-state index < -0.39 is 12.7 Å². The summed E-state index contributed by atoms with van der Waals surface area (Å²) in [5.74, 6) is -0.248. The second kappa shape index (κ2) is 6.05. The Morgan fingerprint density at radius 3 is 2.81 bits per heavy atom. The van der Waals surface area contributed by atoms with Crippen LogP contribution in [0.25, 0.3) is 0 Å². The van der Waals surface area contributed by atoms with E-state index in [1.165, 1.54) is 12.4 Å². The molecule has 0 aromatic carbocycles. The van der Waals surface area contributed by atoms with E-state index in [0.717, 1.165) is 17.4 Å². The molecule has 0 radical (unpaired) electrons. The van der Waals surface area contributed by atoms with E-state index in [0.29, 0.717) is 12.4 Å². The van der Waals surface area contributed by atoms with Crippen LogP contribution in [0, 0.1) is 5.92 Å². The summed E-state index contributed by atoms with van der Waals surface area (Å²) in [6, 6.07) is 0.191.